The van der Waals surface area contributed by atoms with E-state index in [1.165, 1.54) is 30.1 Å². The zero-order valence-corrected chi connectivity index (χ0v) is 10.1. The predicted octanol–water partition coefficient (Wildman–Crippen LogP) is 1.29. The Hall–Kier alpha value is -2.38. The highest BCUT2D eigenvalue weighted by molar-refractivity contribution is 5.90. The molecule has 0 bridgehead atoms. The second-order valence-corrected chi connectivity index (χ2v) is 3.93. The molecule has 1 heterocycles. The molecule has 0 spiro atoms. The highest BCUT2D eigenvalue weighted by Gasteiger charge is 2.13. The fourth-order valence-corrected chi connectivity index (χ4v) is 1.45. The summed E-state index contributed by atoms with van der Waals surface area (Å²) in [5.74, 6) is -2.47. The quantitative estimate of drug-likeness (QED) is 0.906. The number of halogens is 2. The van der Waals surface area contributed by atoms with Gasteiger partial charge in [0.2, 0.25) is 5.91 Å². The SMILES string of the molecule is Cc1ccc(NC(=O)CCn2cnnn2)c(F)c1F. The van der Waals surface area contributed by atoms with Gasteiger partial charge in [-0.3, -0.25) is 4.79 Å². The maximum Gasteiger partial charge on any atom is 0.226 e. The van der Waals surface area contributed by atoms with E-state index in [0.717, 1.165) is 0 Å². The zero-order valence-electron chi connectivity index (χ0n) is 10.1. The largest absolute Gasteiger partial charge is 0.323 e. The van der Waals surface area contributed by atoms with E-state index in [-0.39, 0.29) is 24.2 Å². The normalized spacial score (nSPS) is 10.5. The van der Waals surface area contributed by atoms with Gasteiger partial charge in [0, 0.05) is 6.42 Å². The lowest BCUT2D eigenvalue weighted by Crippen LogP contribution is -2.16. The van der Waals surface area contributed by atoms with Crippen molar-refractivity contribution in [2.45, 2.75) is 19.9 Å². The van der Waals surface area contributed by atoms with Crippen molar-refractivity contribution in [1.29, 1.82) is 0 Å². The molecule has 1 aromatic heterocycles. The highest BCUT2D eigenvalue weighted by Crippen LogP contribution is 2.20. The lowest BCUT2D eigenvalue weighted by molar-refractivity contribution is -0.116. The van der Waals surface area contributed by atoms with Crippen LogP contribution >= 0.6 is 0 Å². The van der Waals surface area contributed by atoms with E-state index < -0.39 is 17.5 Å². The second kappa shape index (κ2) is 5.51. The van der Waals surface area contributed by atoms with Gasteiger partial charge in [-0.1, -0.05) is 6.07 Å². The molecule has 0 aliphatic rings. The van der Waals surface area contributed by atoms with Crippen LogP contribution < -0.4 is 5.32 Å². The molecule has 1 amide bonds. The van der Waals surface area contributed by atoms with Gasteiger partial charge in [-0.25, -0.2) is 13.5 Å². The number of carbonyl (C=O) groups is 1. The molecule has 0 aliphatic heterocycles. The molecular weight excluding hydrogens is 256 g/mol. The molecule has 2 rings (SSSR count). The second-order valence-electron chi connectivity index (χ2n) is 3.93. The van der Waals surface area contributed by atoms with Crippen LogP contribution in [-0.2, 0) is 11.3 Å². The van der Waals surface area contributed by atoms with Gasteiger partial charge in [-0.2, -0.15) is 0 Å². The fourth-order valence-electron chi connectivity index (χ4n) is 1.45. The van der Waals surface area contributed by atoms with Crippen molar-refractivity contribution in [3.63, 3.8) is 0 Å². The number of hydrogen-bond acceptors (Lipinski definition) is 4. The third kappa shape index (κ3) is 3.09. The summed E-state index contributed by atoms with van der Waals surface area (Å²) >= 11 is 0. The van der Waals surface area contributed by atoms with Crippen LogP contribution in [0.25, 0.3) is 0 Å². The van der Waals surface area contributed by atoms with Crippen molar-refractivity contribution in [3.8, 4) is 0 Å². The third-order valence-electron chi connectivity index (χ3n) is 2.51. The molecule has 0 unspecified atom stereocenters. The van der Waals surface area contributed by atoms with Gasteiger partial charge in [0.15, 0.2) is 11.6 Å². The Kier molecular flexibility index (Phi) is 3.79. The van der Waals surface area contributed by atoms with Gasteiger partial charge in [0.25, 0.3) is 0 Å². The summed E-state index contributed by atoms with van der Waals surface area (Å²) in [5, 5.41) is 12.7. The zero-order chi connectivity index (χ0) is 13.8. The van der Waals surface area contributed by atoms with Crippen LogP contribution in [0.1, 0.15) is 12.0 Å². The minimum Gasteiger partial charge on any atom is -0.323 e. The fraction of sp³-hybridized carbons (Fsp3) is 0.273. The smallest absolute Gasteiger partial charge is 0.226 e. The number of anilines is 1. The number of carbonyl (C=O) groups excluding carboxylic acids is 1. The summed E-state index contributed by atoms with van der Waals surface area (Å²) in [6.07, 6.45) is 1.42. The number of tetrazole rings is 1. The number of aromatic nitrogens is 4. The van der Waals surface area contributed by atoms with Gasteiger partial charge in [-0.05, 0) is 29.0 Å². The number of benzene rings is 1. The Morgan fingerprint density at radius 1 is 1.37 bits per heavy atom. The van der Waals surface area contributed by atoms with Crippen molar-refractivity contribution < 1.29 is 13.6 Å². The minimum absolute atomic E-state index is 0.0555. The van der Waals surface area contributed by atoms with Gasteiger partial charge >= 0.3 is 0 Å². The molecule has 2 aromatic rings. The van der Waals surface area contributed by atoms with Crippen LogP contribution in [0.3, 0.4) is 0 Å². The first kappa shape index (κ1) is 13.1. The van der Waals surface area contributed by atoms with Crippen LogP contribution in [-0.4, -0.2) is 26.1 Å². The van der Waals surface area contributed by atoms with E-state index in [0.29, 0.717) is 0 Å². The van der Waals surface area contributed by atoms with Crippen molar-refractivity contribution in [2.75, 3.05) is 5.32 Å². The Labute approximate surface area is 107 Å². The summed E-state index contributed by atoms with van der Waals surface area (Å²) in [6, 6.07) is 2.72. The van der Waals surface area contributed by atoms with Gasteiger partial charge in [-0.15, -0.1) is 5.10 Å². The Morgan fingerprint density at radius 2 is 2.16 bits per heavy atom. The standard InChI is InChI=1S/C11H11F2N5O/c1-7-2-3-8(11(13)10(7)12)15-9(19)4-5-18-6-14-16-17-18/h2-3,6H,4-5H2,1H3,(H,15,19). The number of aryl methyl sites for hydroxylation is 2. The summed E-state index contributed by atoms with van der Waals surface area (Å²) in [4.78, 5) is 11.6. The Morgan fingerprint density at radius 3 is 2.84 bits per heavy atom. The van der Waals surface area contributed by atoms with E-state index in [1.807, 2.05) is 0 Å². The van der Waals surface area contributed by atoms with Crippen molar-refractivity contribution in [2.24, 2.45) is 0 Å². The van der Waals surface area contributed by atoms with Crippen molar-refractivity contribution in [3.05, 3.63) is 35.7 Å². The lowest BCUT2D eigenvalue weighted by atomic mass is 10.2. The van der Waals surface area contributed by atoms with E-state index in [9.17, 15) is 13.6 Å². The molecule has 1 N–H and O–H groups in total. The summed E-state index contributed by atoms with van der Waals surface area (Å²) in [5.41, 5.74) is 0.00834. The predicted molar refractivity (Wildman–Crippen MR) is 62.2 cm³/mol. The Bertz CT molecular complexity index is 585. The molecule has 0 atom stereocenters. The van der Waals surface area contributed by atoms with E-state index in [4.69, 9.17) is 0 Å². The molecule has 0 aliphatic carbocycles. The van der Waals surface area contributed by atoms with E-state index in [2.05, 4.69) is 20.8 Å². The number of hydrogen-bond donors (Lipinski definition) is 1. The van der Waals surface area contributed by atoms with Gasteiger partial charge < -0.3 is 5.32 Å². The first-order valence-electron chi connectivity index (χ1n) is 5.53. The first-order valence-corrected chi connectivity index (χ1v) is 5.53. The van der Waals surface area contributed by atoms with Crippen molar-refractivity contribution >= 4 is 11.6 Å². The molecule has 6 nitrogen and oxygen atoms in total. The monoisotopic (exact) mass is 267 g/mol. The number of nitrogens with zero attached hydrogens (tertiary/aromatic N) is 4. The summed E-state index contributed by atoms with van der Waals surface area (Å²) in [7, 11) is 0. The van der Waals surface area contributed by atoms with E-state index >= 15 is 0 Å². The minimum atomic E-state index is -1.06. The lowest BCUT2D eigenvalue weighted by Gasteiger charge is -2.08. The van der Waals surface area contributed by atoms with Gasteiger partial charge in [0.05, 0.1) is 12.2 Å². The van der Waals surface area contributed by atoms with Crippen LogP contribution in [0.4, 0.5) is 14.5 Å². The maximum absolute atomic E-state index is 13.5. The highest BCUT2D eigenvalue weighted by atomic mass is 19.2. The molecular formula is C11H11F2N5O. The van der Waals surface area contributed by atoms with Crippen LogP contribution in [0.5, 0.6) is 0 Å². The summed E-state index contributed by atoms with van der Waals surface area (Å²) in [6.45, 7) is 1.70. The number of amides is 1. The topological polar surface area (TPSA) is 72.7 Å². The van der Waals surface area contributed by atoms with Crippen molar-refractivity contribution in [1.82, 2.24) is 20.2 Å². The maximum atomic E-state index is 13.5. The number of rotatable bonds is 4. The molecule has 1 aromatic carbocycles. The Balaban J connectivity index is 1.97. The molecule has 0 radical (unpaired) electrons. The van der Waals surface area contributed by atoms with Gasteiger partial charge in [0.1, 0.15) is 6.33 Å². The van der Waals surface area contributed by atoms with Crippen LogP contribution in [0.2, 0.25) is 0 Å². The molecule has 100 valence electrons. The molecule has 8 heteroatoms. The van der Waals surface area contributed by atoms with Crippen LogP contribution in [0.15, 0.2) is 18.5 Å². The third-order valence-corrected chi connectivity index (χ3v) is 2.51. The first-order chi connectivity index (χ1) is 9.08. The summed E-state index contributed by atoms with van der Waals surface area (Å²) < 4.78 is 28.2. The molecule has 0 saturated carbocycles. The number of nitrogens with one attached hydrogen (secondary N) is 1. The van der Waals surface area contributed by atoms with E-state index in [1.54, 1.807) is 0 Å². The molecule has 19 heavy (non-hydrogen) atoms. The van der Waals surface area contributed by atoms with Crippen LogP contribution in [0, 0.1) is 18.6 Å². The average Bonchev–Trinajstić information content (AvgIpc) is 2.90. The molecule has 0 fully saturated rings. The molecule has 0 saturated heterocycles. The average molecular weight is 267 g/mol.